The van der Waals surface area contributed by atoms with Gasteiger partial charge in [0.1, 0.15) is 5.82 Å². The molecular formula is C10H12FN5. The van der Waals surface area contributed by atoms with Crippen LogP contribution in [0.1, 0.15) is 12.7 Å². The SMILES string of the molecule is CC(N)Cc1nnnn1-c1cccc(F)c1. The van der Waals surface area contributed by atoms with Crippen molar-refractivity contribution in [3.8, 4) is 5.69 Å². The van der Waals surface area contributed by atoms with E-state index in [-0.39, 0.29) is 11.9 Å². The number of benzene rings is 1. The van der Waals surface area contributed by atoms with Crippen LogP contribution in [0.3, 0.4) is 0 Å². The summed E-state index contributed by atoms with van der Waals surface area (Å²) in [5, 5.41) is 11.2. The van der Waals surface area contributed by atoms with Crippen LogP contribution in [0.15, 0.2) is 24.3 Å². The molecule has 2 rings (SSSR count). The molecule has 1 aromatic carbocycles. The maximum absolute atomic E-state index is 13.0. The van der Waals surface area contributed by atoms with Crippen molar-refractivity contribution in [2.75, 3.05) is 0 Å². The highest BCUT2D eigenvalue weighted by molar-refractivity contribution is 5.31. The monoisotopic (exact) mass is 221 g/mol. The topological polar surface area (TPSA) is 69.6 Å². The second-order valence-electron chi connectivity index (χ2n) is 3.67. The highest BCUT2D eigenvalue weighted by atomic mass is 19.1. The van der Waals surface area contributed by atoms with Gasteiger partial charge in [-0.3, -0.25) is 0 Å². The lowest BCUT2D eigenvalue weighted by Gasteiger charge is -2.06. The van der Waals surface area contributed by atoms with Crippen molar-refractivity contribution >= 4 is 0 Å². The molecule has 0 fully saturated rings. The van der Waals surface area contributed by atoms with Crippen molar-refractivity contribution < 1.29 is 4.39 Å². The van der Waals surface area contributed by atoms with Crippen molar-refractivity contribution in [1.82, 2.24) is 20.2 Å². The van der Waals surface area contributed by atoms with E-state index in [1.165, 1.54) is 16.8 Å². The summed E-state index contributed by atoms with van der Waals surface area (Å²) in [5.74, 6) is 0.306. The lowest BCUT2D eigenvalue weighted by Crippen LogP contribution is -2.20. The minimum Gasteiger partial charge on any atom is -0.328 e. The zero-order valence-electron chi connectivity index (χ0n) is 8.84. The van der Waals surface area contributed by atoms with E-state index < -0.39 is 0 Å². The number of nitrogens with zero attached hydrogens (tertiary/aromatic N) is 4. The number of rotatable bonds is 3. The molecular weight excluding hydrogens is 209 g/mol. The summed E-state index contributed by atoms with van der Waals surface area (Å²) in [4.78, 5) is 0. The largest absolute Gasteiger partial charge is 0.328 e. The Hall–Kier alpha value is -1.82. The Kier molecular flexibility index (Phi) is 2.91. The molecule has 84 valence electrons. The van der Waals surface area contributed by atoms with Crippen molar-refractivity contribution in [2.24, 2.45) is 5.73 Å². The summed E-state index contributed by atoms with van der Waals surface area (Å²) < 4.78 is 14.5. The Morgan fingerprint density at radius 3 is 3.00 bits per heavy atom. The number of tetrazole rings is 1. The van der Waals surface area contributed by atoms with Crippen LogP contribution in [-0.4, -0.2) is 26.2 Å². The molecule has 1 unspecified atom stereocenters. The minimum atomic E-state index is -0.320. The van der Waals surface area contributed by atoms with Gasteiger partial charge in [-0.1, -0.05) is 6.07 Å². The number of hydrogen-bond acceptors (Lipinski definition) is 4. The highest BCUT2D eigenvalue weighted by Crippen LogP contribution is 2.10. The fourth-order valence-electron chi connectivity index (χ4n) is 1.43. The van der Waals surface area contributed by atoms with Crippen molar-refractivity contribution in [1.29, 1.82) is 0 Å². The molecule has 0 saturated carbocycles. The summed E-state index contributed by atoms with van der Waals surface area (Å²) in [6.45, 7) is 1.87. The van der Waals surface area contributed by atoms with E-state index in [1.54, 1.807) is 12.1 Å². The summed E-state index contributed by atoms with van der Waals surface area (Å²) in [6, 6.07) is 6.06. The van der Waals surface area contributed by atoms with Crippen LogP contribution in [0.5, 0.6) is 0 Å². The summed E-state index contributed by atoms with van der Waals surface area (Å²) in [7, 11) is 0. The molecule has 5 nitrogen and oxygen atoms in total. The number of nitrogens with two attached hydrogens (primary N) is 1. The number of aromatic nitrogens is 4. The smallest absolute Gasteiger partial charge is 0.158 e. The molecule has 0 radical (unpaired) electrons. The number of hydrogen-bond donors (Lipinski definition) is 1. The molecule has 6 heteroatoms. The number of halogens is 1. The van der Waals surface area contributed by atoms with E-state index in [4.69, 9.17) is 5.73 Å². The average Bonchev–Trinajstić information content (AvgIpc) is 2.65. The van der Waals surface area contributed by atoms with Crippen LogP contribution in [-0.2, 0) is 6.42 Å². The molecule has 0 aliphatic rings. The van der Waals surface area contributed by atoms with Crippen LogP contribution in [0.25, 0.3) is 5.69 Å². The van der Waals surface area contributed by atoms with E-state index in [2.05, 4.69) is 15.5 Å². The third kappa shape index (κ3) is 2.22. The van der Waals surface area contributed by atoms with Gasteiger partial charge in [0.15, 0.2) is 5.82 Å². The Labute approximate surface area is 92.1 Å². The molecule has 16 heavy (non-hydrogen) atoms. The average molecular weight is 221 g/mol. The van der Waals surface area contributed by atoms with Gasteiger partial charge in [-0.15, -0.1) is 5.10 Å². The predicted octanol–water partition coefficient (Wildman–Crippen LogP) is 0.691. The van der Waals surface area contributed by atoms with Gasteiger partial charge in [0.2, 0.25) is 0 Å². The fraction of sp³-hybridized carbons (Fsp3) is 0.300. The molecule has 1 heterocycles. The fourth-order valence-corrected chi connectivity index (χ4v) is 1.43. The molecule has 0 amide bonds. The molecule has 0 saturated heterocycles. The standard InChI is InChI=1S/C10H12FN5/c1-7(12)5-10-13-14-15-16(10)9-4-2-3-8(11)6-9/h2-4,6-7H,5,12H2,1H3. The first kappa shape index (κ1) is 10.7. The van der Waals surface area contributed by atoms with Crippen LogP contribution >= 0.6 is 0 Å². The molecule has 1 aromatic heterocycles. The lowest BCUT2D eigenvalue weighted by molar-refractivity contribution is 0.622. The Morgan fingerprint density at radius 1 is 1.50 bits per heavy atom. The lowest BCUT2D eigenvalue weighted by atomic mass is 10.2. The van der Waals surface area contributed by atoms with E-state index in [9.17, 15) is 4.39 Å². The van der Waals surface area contributed by atoms with Gasteiger partial charge in [0.25, 0.3) is 0 Å². The van der Waals surface area contributed by atoms with Gasteiger partial charge >= 0.3 is 0 Å². The van der Waals surface area contributed by atoms with Crippen LogP contribution < -0.4 is 5.73 Å². The summed E-state index contributed by atoms with van der Waals surface area (Å²) in [5.41, 5.74) is 6.28. The second kappa shape index (κ2) is 4.36. The van der Waals surface area contributed by atoms with Gasteiger partial charge in [-0.25, -0.2) is 4.39 Å². The van der Waals surface area contributed by atoms with E-state index in [1.807, 2.05) is 6.92 Å². The predicted molar refractivity (Wildman–Crippen MR) is 56.5 cm³/mol. The van der Waals surface area contributed by atoms with E-state index in [0.29, 0.717) is 17.9 Å². The van der Waals surface area contributed by atoms with E-state index in [0.717, 1.165) is 0 Å². The Morgan fingerprint density at radius 2 is 2.31 bits per heavy atom. The zero-order chi connectivity index (χ0) is 11.5. The maximum atomic E-state index is 13.0. The Bertz CT molecular complexity index is 480. The van der Waals surface area contributed by atoms with Gasteiger partial charge in [-0.2, -0.15) is 4.68 Å². The molecule has 0 aliphatic heterocycles. The van der Waals surface area contributed by atoms with Crippen molar-refractivity contribution in [3.63, 3.8) is 0 Å². The van der Waals surface area contributed by atoms with Crippen molar-refractivity contribution in [2.45, 2.75) is 19.4 Å². The first-order valence-corrected chi connectivity index (χ1v) is 4.95. The van der Waals surface area contributed by atoms with Gasteiger partial charge < -0.3 is 5.73 Å². The van der Waals surface area contributed by atoms with Crippen LogP contribution in [0.4, 0.5) is 4.39 Å². The zero-order valence-corrected chi connectivity index (χ0v) is 8.84. The first-order chi connectivity index (χ1) is 7.66. The van der Waals surface area contributed by atoms with Gasteiger partial charge in [-0.05, 0) is 35.5 Å². The maximum Gasteiger partial charge on any atom is 0.158 e. The second-order valence-corrected chi connectivity index (χ2v) is 3.67. The van der Waals surface area contributed by atoms with Gasteiger partial charge in [0.05, 0.1) is 5.69 Å². The molecule has 1 atom stereocenters. The Balaban J connectivity index is 2.37. The highest BCUT2D eigenvalue weighted by Gasteiger charge is 2.10. The molecule has 2 N–H and O–H groups in total. The third-order valence-corrected chi connectivity index (χ3v) is 2.09. The normalized spacial score (nSPS) is 12.7. The summed E-state index contributed by atoms with van der Waals surface area (Å²) in [6.07, 6.45) is 0.545. The van der Waals surface area contributed by atoms with Gasteiger partial charge in [0, 0.05) is 12.5 Å². The molecule has 0 bridgehead atoms. The van der Waals surface area contributed by atoms with Crippen LogP contribution in [0.2, 0.25) is 0 Å². The third-order valence-electron chi connectivity index (χ3n) is 2.09. The summed E-state index contributed by atoms with van der Waals surface area (Å²) >= 11 is 0. The van der Waals surface area contributed by atoms with Crippen molar-refractivity contribution in [3.05, 3.63) is 35.9 Å². The first-order valence-electron chi connectivity index (χ1n) is 4.95. The minimum absolute atomic E-state index is 0.0432. The van der Waals surface area contributed by atoms with Crippen LogP contribution in [0, 0.1) is 5.82 Å². The quantitative estimate of drug-likeness (QED) is 0.827. The van der Waals surface area contributed by atoms with E-state index >= 15 is 0 Å². The molecule has 0 spiro atoms. The molecule has 0 aliphatic carbocycles. The molecule has 2 aromatic rings.